The molecule has 2 aliphatic carbocycles. The Bertz CT molecular complexity index is 1740. The van der Waals surface area contributed by atoms with E-state index in [-0.39, 0.29) is 30.0 Å². The highest BCUT2D eigenvalue weighted by atomic mass is 35.5. The number of aliphatic hydroxyl groups excluding tert-OH is 1. The number of rotatable bonds is 6. The quantitative estimate of drug-likeness (QED) is 0.344. The number of amides is 2. The monoisotopic (exact) mass is 605 g/mol. The Balaban J connectivity index is 1.41. The van der Waals surface area contributed by atoms with Gasteiger partial charge in [-0.15, -0.1) is 0 Å². The van der Waals surface area contributed by atoms with E-state index in [0.29, 0.717) is 34.3 Å². The van der Waals surface area contributed by atoms with Gasteiger partial charge >= 0.3 is 0 Å². The van der Waals surface area contributed by atoms with Gasteiger partial charge in [-0.2, -0.15) is 0 Å². The molecule has 2 N–H and O–H groups in total. The third-order valence-corrected chi connectivity index (χ3v) is 8.53. The largest absolute Gasteiger partial charge is 0.508 e. The lowest BCUT2D eigenvalue weighted by Gasteiger charge is -2.29. The van der Waals surface area contributed by atoms with Gasteiger partial charge in [-0.3, -0.25) is 14.6 Å². The van der Waals surface area contributed by atoms with Crippen LogP contribution in [0, 0.1) is 11.8 Å². The Morgan fingerprint density at radius 2 is 1.98 bits per heavy atom. The topological polar surface area (TPSA) is 87.4 Å². The minimum absolute atomic E-state index is 0.182. The third kappa shape index (κ3) is 6.01. The third-order valence-electron chi connectivity index (χ3n) is 8.29. The molecule has 3 atom stereocenters. The van der Waals surface area contributed by atoms with Crippen LogP contribution < -0.4 is 9.88 Å². The van der Waals surface area contributed by atoms with Crippen molar-refractivity contribution in [2.45, 2.75) is 32.5 Å². The van der Waals surface area contributed by atoms with E-state index in [0.717, 1.165) is 23.1 Å². The summed E-state index contributed by atoms with van der Waals surface area (Å²) in [6, 6.07) is 17.2. The van der Waals surface area contributed by atoms with E-state index in [1.165, 1.54) is 10.5 Å². The van der Waals surface area contributed by atoms with Crippen molar-refractivity contribution in [2.24, 2.45) is 16.8 Å². The molecule has 44 heavy (non-hydrogen) atoms. The lowest BCUT2D eigenvalue weighted by molar-refractivity contribution is -0.378. The van der Waals surface area contributed by atoms with Crippen LogP contribution in [0.2, 0.25) is 5.02 Å². The van der Waals surface area contributed by atoms with Crippen LogP contribution in [0.1, 0.15) is 46.8 Å². The fraction of sp³-hybridized carbons (Fsp3) is 0.222. The number of hydrogen-bond acceptors (Lipinski definition) is 4. The SMILES string of the molecule is CC1C=CC=C(c2ccc(CN3C(=O)C(N(C)C(=O)c4ccc[nH+]c4)N=C(C4C=CC(O)=CC4)c4cc(Cl)ccc43)cc2)C1. The predicted octanol–water partition coefficient (Wildman–Crippen LogP) is 6.59. The summed E-state index contributed by atoms with van der Waals surface area (Å²) in [5.74, 6) is -0.216. The van der Waals surface area contributed by atoms with Gasteiger partial charge in [0.05, 0.1) is 17.9 Å². The molecule has 3 aliphatic rings. The number of halogens is 1. The number of hydrogen-bond donors (Lipinski definition) is 1. The van der Waals surface area contributed by atoms with Gasteiger partial charge in [0.2, 0.25) is 6.17 Å². The van der Waals surface area contributed by atoms with Crippen LogP contribution in [-0.2, 0) is 11.3 Å². The highest BCUT2D eigenvalue weighted by molar-refractivity contribution is 6.31. The summed E-state index contributed by atoms with van der Waals surface area (Å²) in [5, 5.41) is 10.5. The first kappa shape index (κ1) is 29.3. The van der Waals surface area contributed by atoms with Gasteiger partial charge in [0.15, 0.2) is 12.4 Å². The van der Waals surface area contributed by atoms with Crippen molar-refractivity contribution >= 4 is 40.4 Å². The summed E-state index contributed by atoms with van der Waals surface area (Å²) in [6.45, 7) is 2.49. The van der Waals surface area contributed by atoms with Crippen molar-refractivity contribution in [1.82, 2.24) is 4.90 Å². The highest BCUT2D eigenvalue weighted by Crippen LogP contribution is 2.35. The van der Waals surface area contributed by atoms with Crippen LogP contribution >= 0.6 is 11.6 Å². The second-order valence-corrected chi connectivity index (χ2v) is 11.9. The number of likely N-dealkylation sites (N-methyl/N-ethyl adjacent to an activating group) is 1. The summed E-state index contributed by atoms with van der Waals surface area (Å²) >= 11 is 6.53. The van der Waals surface area contributed by atoms with Crippen molar-refractivity contribution in [1.29, 1.82) is 0 Å². The van der Waals surface area contributed by atoms with Crippen molar-refractivity contribution in [3.63, 3.8) is 0 Å². The number of benzodiazepines with no additional fused rings is 1. The number of nitrogens with one attached hydrogen (secondary N) is 1. The first-order chi connectivity index (χ1) is 21.3. The molecule has 1 aliphatic heterocycles. The Morgan fingerprint density at radius 3 is 2.68 bits per heavy atom. The number of carbonyl (C=O) groups excluding carboxylic acids is 2. The van der Waals surface area contributed by atoms with Gasteiger partial charge in [0, 0.05) is 29.6 Å². The maximum atomic E-state index is 14.5. The second-order valence-electron chi connectivity index (χ2n) is 11.5. The number of aromatic amines is 1. The van der Waals surface area contributed by atoms with Gasteiger partial charge in [-0.25, -0.2) is 4.98 Å². The minimum atomic E-state index is -1.13. The molecule has 0 radical (unpaired) electrons. The number of pyridine rings is 1. The molecule has 0 bridgehead atoms. The van der Waals surface area contributed by atoms with Gasteiger partial charge in [-0.1, -0.05) is 67.1 Å². The van der Waals surface area contributed by atoms with E-state index in [4.69, 9.17) is 16.6 Å². The van der Waals surface area contributed by atoms with E-state index in [1.807, 2.05) is 18.2 Å². The Labute approximate surface area is 262 Å². The standard InChI is InChI=1S/C36H33ClN4O3/c1-23-5-3-6-27(19-23)25-10-8-24(9-11-25)22-41-32-17-14-29(37)20-31(32)33(26-12-15-30(42)16-13-26)39-34(36(41)44)40(2)35(43)28-7-4-18-38-21-28/h3-12,14-18,20-21,23,26,34,42H,13,19,22H2,1-2H3/p+1. The van der Waals surface area contributed by atoms with Gasteiger partial charge in [0.1, 0.15) is 11.3 Å². The van der Waals surface area contributed by atoms with E-state index in [9.17, 15) is 14.7 Å². The molecule has 0 fully saturated rings. The van der Waals surface area contributed by atoms with E-state index in [2.05, 4.69) is 54.4 Å². The number of H-pyrrole nitrogens is 1. The van der Waals surface area contributed by atoms with Crippen molar-refractivity contribution in [2.75, 3.05) is 11.9 Å². The summed E-state index contributed by atoms with van der Waals surface area (Å²) in [6.07, 6.45) is 15.4. The maximum absolute atomic E-state index is 14.5. The number of nitrogens with zero attached hydrogens (tertiary/aromatic N) is 3. The summed E-state index contributed by atoms with van der Waals surface area (Å²) in [7, 11) is 1.60. The minimum Gasteiger partial charge on any atom is -0.508 e. The van der Waals surface area contributed by atoms with E-state index < -0.39 is 6.17 Å². The molecule has 0 saturated heterocycles. The number of anilines is 1. The molecule has 0 spiro atoms. The number of aliphatic hydroxyl groups is 1. The van der Waals surface area contributed by atoms with Crippen LogP contribution in [-0.4, -0.2) is 40.7 Å². The zero-order valence-electron chi connectivity index (χ0n) is 24.7. The Morgan fingerprint density at radius 1 is 1.16 bits per heavy atom. The molecule has 3 unspecified atom stereocenters. The number of aliphatic imine (C=N–C) groups is 1. The molecule has 1 aromatic heterocycles. The van der Waals surface area contributed by atoms with E-state index in [1.54, 1.807) is 54.7 Å². The van der Waals surface area contributed by atoms with Crippen LogP contribution in [0.4, 0.5) is 5.69 Å². The zero-order chi connectivity index (χ0) is 30.8. The molecule has 6 rings (SSSR count). The number of benzene rings is 2. The Kier molecular flexibility index (Phi) is 8.31. The molecular formula is C36H34ClN4O3+. The first-order valence-electron chi connectivity index (χ1n) is 14.7. The van der Waals surface area contributed by atoms with Crippen molar-refractivity contribution in [3.8, 4) is 0 Å². The number of carbonyl (C=O) groups is 2. The lowest BCUT2D eigenvalue weighted by atomic mass is 9.89. The molecule has 7 nitrogen and oxygen atoms in total. The lowest BCUT2D eigenvalue weighted by Crippen LogP contribution is -2.48. The molecule has 2 amide bonds. The zero-order valence-corrected chi connectivity index (χ0v) is 25.4. The van der Waals surface area contributed by atoms with Gasteiger partial charge in [0.25, 0.3) is 11.8 Å². The fourth-order valence-corrected chi connectivity index (χ4v) is 6.06. The average Bonchev–Trinajstić information content (AvgIpc) is 3.15. The Hall–Kier alpha value is -4.75. The van der Waals surface area contributed by atoms with Crippen LogP contribution in [0.15, 0.2) is 114 Å². The number of aromatic nitrogens is 1. The fourth-order valence-electron chi connectivity index (χ4n) is 5.89. The van der Waals surface area contributed by atoms with Crippen LogP contribution in [0.3, 0.4) is 0 Å². The summed E-state index contributed by atoms with van der Waals surface area (Å²) < 4.78 is 0. The van der Waals surface area contributed by atoms with Crippen LogP contribution in [0.5, 0.6) is 0 Å². The maximum Gasteiger partial charge on any atom is 0.272 e. The van der Waals surface area contributed by atoms with Gasteiger partial charge in [-0.05, 0) is 71.9 Å². The second kappa shape index (κ2) is 12.5. The highest BCUT2D eigenvalue weighted by Gasteiger charge is 2.38. The summed E-state index contributed by atoms with van der Waals surface area (Å²) in [4.78, 5) is 39.1. The molecule has 3 aromatic rings. The van der Waals surface area contributed by atoms with Crippen molar-refractivity contribution < 1.29 is 19.7 Å². The molecule has 8 heteroatoms. The molecule has 0 saturated carbocycles. The normalized spacial score (nSPS) is 21.2. The predicted molar refractivity (Wildman–Crippen MR) is 173 cm³/mol. The molecular weight excluding hydrogens is 572 g/mol. The van der Waals surface area contributed by atoms with E-state index >= 15 is 0 Å². The average molecular weight is 606 g/mol. The number of allylic oxidation sites excluding steroid dienone is 7. The van der Waals surface area contributed by atoms with Gasteiger partial charge < -0.3 is 14.9 Å². The van der Waals surface area contributed by atoms with Crippen LogP contribution in [0.25, 0.3) is 5.57 Å². The smallest absolute Gasteiger partial charge is 0.272 e. The first-order valence-corrected chi connectivity index (χ1v) is 15.1. The molecule has 222 valence electrons. The summed E-state index contributed by atoms with van der Waals surface area (Å²) in [5.41, 5.74) is 5.82. The number of fused-ring (bicyclic) bond motifs is 1. The molecule has 2 aromatic carbocycles. The van der Waals surface area contributed by atoms with Crippen molar-refractivity contribution in [3.05, 3.63) is 136 Å². The molecule has 2 heterocycles.